The number of hydrogen-bond donors (Lipinski definition) is 0. The molecule has 6 heteroatoms. The molecule has 1 aromatic carbocycles. The highest BCUT2D eigenvalue weighted by Crippen LogP contribution is 2.27. The van der Waals surface area contributed by atoms with Gasteiger partial charge >= 0.3 is 0 Å². The Kier molecular flexibility index (Phi) is 2.86. The summed E-state index contributed by atoms with van der Waals surface area (Å²) < 4.78 is 8.53. The summed E-state index contributed by atoms with van der Waals surface area (Å²) in [6, 6.07) is 5.96. The molecular weight excluding hydrogens is 343 g/mol. The molecule has 90 valence electrons. The molecule has 3 aromatic rings. The average molecular weight is 352 g/mol. The minimum Gasteiger partial charge on any atom is -0.435 e. The summed E-state index contributed by atoms with van der Waals surface area (Å²) in [5.41, 5.74) is 0.865. The zero-order valence-corrected chi connectivity index (χ0v) is 11.7. The number of aryl methyl sites for hydroxylation is 1. The molecular formula is C12H9IN4O. The maximum absolute atomic E-state index is 5.73. The van der Waals surface area contributed by atoms with E-state index in [-0.39, 0.29) is 0 Å². The van der Waals surface area contributed by atoms with Crippen LogP contribution in [0.1, 0.15) is 0 Å². The number of aromatic nitrogens is 4. The van der Waals surface area contributed by atoms with Gasteiger partial charge in [0.15, 0.2) is 5.75 Å². The predicted octanol–water partition coefficient (Wildman–Crippen LogP) is 2.76. The Labute approximate surface area is 117 Å². The third-order valence-corrected chi connectivity index (χ3v) is 3.13. The van der Waals surface area contributed by atoms with E-state index in [0.717, 1.165) is 14.5 Å². The highest BCUT2D eigenvalue weighted by molar-refractivity contribution is 14.1. The van der Waals surface area contributed by atoms with Crippen LogP contribution in [-0.2, 0) is 7.05 Å². The van der Waals surface area contributed by atoms with Crippen LogP contribution in [0.4, 0.5) is 0 Å². The molecule has 0 saturated heterocycles. The van der Waals surface area contributed by atoms with E-state index in [2.05, 4.69) is 37.7 Å². The van der Waals surface area contributed by atoms with Gasteiger partial charge in [0.1, 0.15) is 6.33 Å². The fourth-order valence-electron chi connectivity index (χ4n) is 1.65. The van der Waals surface area contributed by atoms with E-state index in [1.54, 1.807) is 17.1 Å². The molecule has 18 heavy (non-hydrogen) atoms. The molecule has 2 aromatic heterocycles. The van der Waals surface area contributed by atoms with Crippen molar-refractivity contribution in [3.8, 4) is 11.6 Å². The van der Waals surface area contributed by atoms with Crippen molar-refractivity contribution in [2.45, 2.75) is 0 Å². The lowest BCUT2D eigenvalue weighted by Crippen LogP contribution is -1.91. The molecule has 0 aliphatic rings. The fourth-order valence-corrected chi connectivity index (χ4v) is 2.14. The van der Waals surface area contributed by atoms with E-state index >= 15 is 0 Å². The van der Waals surface area contributed by atoms with Crippen LogP contribution in [-0.4, -0.2) is 19.7 Å². The quantitative estimate of drug-likeness (QED) is 0.666. The zero-order valence-electron chi connectivity index (χ0n) is 9.54. The molecule has 3 rings (SSSR count). The van der Waals surface area contributed by atoms with Gasteiger partial charge < -0.3 is 4.74 Å². The number of rotatable bonds is 2. The monoisotopic (exact) mass is 352 g/mol. The predicted molar refractivity (Wildman–Crippen MR) is 75.5 cm³/mol. The zero-order chi connectivity index (χ0) is 12.5. The third kappa shape index (κ3) is 2.15. The number of hydrogen-bond acceptors (Lipinski definition) is 4. The summed E-state index contributed by atoms with van der Waals surface area (Å²) in [6.07, 6.45) is 4.95. The van der Waals surface area contributed by atoms with Gasteiger partial charge in [0.25, 0.3) is 0 Å². The van der Waals surface area contributed by atoms with E-state index in [1.807, 2.05) is 25.2 Å². The van der Waals surface area contributed by atoms with Crippen molar-refractivity contribution < 1.29 is 4.74 Å². The summed E-state index contributed by atoms with van der Waals surface area (Å²) >= 11 is 2.25. The number of benzene rings is 1. The van der Waals surface area contributed by atoms with Crippen molar-refractivity contribution >= 4 is 33.5 Å². The van der Waals surface area contributed by atoms with E-state index in [9.17, 15) is 0 Å². The average Bonchev–Trinajstić information content (AvgIpc) is 2.76. The van der Waals surface area contributed by atoms with Crippen molar-refractivity contribution in [1.82, 2.24) is 19.7 Å². The van der Waals surface area contributed by atoms with Crippen LogP contribution >= 0.6 is 22.6 Å². The molecule has 0 spiro atoms. The Bertz CT molecular complexity index is 710. The fraction of sp³-hybridized carbons (Fsp3) is 0.0833. The SMILES string of the molecule is Cn1cc(Oc2ncnc3ccc(I)cc23)cn1. The largest absolute Gasteiger partial charge is 0.435 e. The Hall–Kier alpha value is -1.70. The summed E-state index contributed by atoms with van der Waals surface area (Å²) in [5.74, 6) is 1.21. The topological polar surface area (TPSA) is 52.8 Å². The molecule has 0 bridgehead atoms. The van der Waals surface area contributed by atoms with Gasteiger partial charge in [-0.05, 0) is 40.8 Å². The first kappa shape index (κ1) is 11.4. The molecule has 0 aliphatic carbocycles. The summed E-state index contributed by atoms with van der Waals surface area (Å²) in [6.45, 7) is 0. The Morgan fingerprint density at radius 3 is 2.94 bits per heavy atom. The van der Waals surface area contributed by atoms with Crippen LogP contribution in [0.2, 0.25) is 0 Å². The second-order valence-corrected chi connectivity index (χ2v) is 5.04. The number of fused-ring (bicyclic) bond motifs is 1. The van der Waals surface area contributed by atoms with Gasteiger partial charge in [0.05, 0.1) is 23.3 Å². The smallest absolute Gasteiger partial charge is 0.230 e. The molecule has 0 amide bonds. The lowest BCUT2D eigenvalue weighted by Gasteiger charge is -2.05. The van der Waals surface area contributed by atoms with Crippen LogP contribution in [0.25, 0.3) is 10.9 Å². The van der Waals surface area contributed by atoms with Crippen molar-refractivity contribution in [1.29, 1.82) is 0 Å². The first-order chi connectivity index (χ1) is 8.72. The van der Waals surface area contributed by atoms with Gasteiger partial charge in [-0.1, -0.05) is 0 Å². The minimum absolute atomic E-state index is 0.548. The maximum Gasteiger partial charge on any atom is 0.230 e. The normalized spacial score (nSPS) is 10.8. The van der Waals surface area contributed by atoms with Gasteiger partial charge in [-0.25, -0.2) is 9.97 Å². The summed E-state index contributed by atoms with van der Waals surface area (Å²) in [7, 11) is 1.84. The Morgan fingerprint density at radius 1 is 1.28 bits per heavy atom. The van der Waals surface area contributed by atoms with Crippen molar-refractivity contribution in [2.24, 2.45) is 7.05 Å². The number of ether oxygens (including phenoxy) is 1. The van der Waals surface area contributed by atoms with Gasteiger partial charge in [-0.2, -0.15) is 5.10 Å². The number of halogens is 1. The van der Waals surface area contributed by atoms with Gasteiger partial charge in [-0.3, -0.25) is 4.68 Å². The first-order valence-electron chi connectivity index (χ1n) is 5.29. The van der Waals surface area contributed by atoms with E-state index in [4.69, 9.17) is 4.74 Å². The molecule has 5 nitrogen and oxygen atoms in total. The number of nitrogens with zero attached hydrogens (tertiary/aromatic N) is 4. The first-order valence-corrected chi connectivity index (χ1v) is 6.37. The Morgan fingerprint density at radius 2 is 2.17 bits per heavy atom. The van der Waals surface area contributed by atoms with Crippen LogP contribution < -0.4 is 4.74 Å². The molecule has 2 heterocycles. The minimum atomic E-state index is 0.548. The lowest BCUT2D eigenvalue weighted by molar-refractivity contribution is 0.467. The van der Waals surface area contributed by atoms with E-state index < -0.39 is 0 Å². The lowest BCUT2D eigenvalue weighted by atomic mass is 10.2. The van der Waals surface area contributed by atoms with Crippen molar-refractivity contribution in [3.05, 3.63) is 40.5 Å². The second-order valence-electron chi connectivity index (χ2n) is 3.79. The molecule has 0 aliphatic heterocycles. The molecule has 0 fully saturated rings. The second kappa shape index (κ2) is 4.52. The third-order valence-electron chi connectivity index (χ3n) is 2.46. The molecule has 0 saturated carbocycles. The Balaban J connectivity index is 2.08. The maximum atomic E-state index is 5.73. The molecule has 0 atom stereocenters. The standard InChI is InChI=1S/C12H9IN4O/c1-17-6-9(5-16-17)18-12-10-4-8(13)2-3-11(10)14-7-15-12/h2-7H,1H3. The van der Waals surface area contributed by atoms with Gasteiger partial charge in [0, 0.05) is 10.6 Å². The van der Waals surface area contributed by atoms with E-state index in [1.165, 1.54) is 6.33 Å². The van der Waals surface area contributed by atoms with Crippen LogP contribution in [0.5, 0.6) is 11.6 Å². The summed E-state index contributed by atoms with van der Waals surface area (Å²) in [4.78, 5) is 8.39. The summed E-state index contributed by atoms with van der Waals surface area (Å²) in [5, 5.41) is 4.95. The van der Waals surface area contributed by atoms with Crippen molar-refractivity contribution in [3.63, 3.8) is 0 Å². The van der Waals surface area contributed by atoms with Crippen molar-refractivity contribution in [2.75, 3.05) is 0 Å². The van der Waals surface area contributed by atoms with E-state index in [0.29, 0.717) is 11.6 Å². The van der Waals surface area contributed by atoms with Crippen LogP contribution in [0.15, 0.2) is 36.9 Å². The molecule has 0 N–H and O–H groups in total. The van der Waals surface area contributed by atoms with Crippen LogP contribution in [0.3, 0.4) is 0 Å². The highest BCUT2D eigenvalue weighted by atomic mass is 127. The van der Waals surface area contributed by atoms with Gasteiger partial charge in [-0.15, -0.1) is 0 Å². The highest BCUT2D eigenvalue weighted by Gasteiger charge is 2.07. The van der Waals surface area contributed by atoms with Crippen LogP contribution in [0, 0.1) is 3.57 Å². The van der Waals surface area contributed by atoms with Gasteiger partial charge in [0.2, 0.25) is 5.88 Å². The molecule has 0 radical (unpaired) electrons. The molecule has 0 unspecified atom stereocenters.